The molecule has 0 saturated carbocycles. The molecule has 1 saturated heterocycles. The Morgan fingerprint density at radius 3 is 2.45 bits per heavy atom. The van der Waals surface area contributed by atoms with Crippen molar-refractivity contribution >= 4 is 28.8 Å². The molecule has 0 bridgehead atoms. The average Bonchev–Trinajstić information content (AvgIpc) is 3.10. The zero-order valence-electron chi connectivity index (χ0n) is 17.9. The summed E-state index contributed by atoms with van der Waals surface area (Å²) in [5, 5.41) is 21.1. The molecule has 3 aromatic rings. The summed E-state index contributed by atoms with van der Waals surface area (Å²) in [7, 11) is 1.93. The topological polar surface area (TPSA) is 90.3 Å². The molecule has 2 heterocycles. The van der Waals surface area contributed by atoms with Gasteiger partial charge in [-0.1, -0.05) is 30.3 Å². The maximum atomic E-state index is 13.2. The Labute approximate surface area is 190 Å². The minimum atomic E-state index is -0.849. The number of Topliss-reactive ketones (excluding diaryl/α,β-unsaturated/α-hetero) is 1. The maximum Gasteiger partial charge on any atom is 0.300 e. The van der Waals surface area contributed by atoms with E-state index in [1.54, 1.807) is 54.6 Å². The lowest BCUT2D eigenvalue weighted by molar-refractivity contribution is -0.132. The Hall–Kier alpha value is -4.26. The fourth-order valence-corrected chi connectivity index (χ4v) is 4.31. The van der Waals surface area contributed by atoms with Gasteiger partial charge >= 0.3 is 0 Å². The van der Waals surface area contributed by atoms with E-state index < -0.39 is 17.7 Å². The van der Waals surface area contributed by atoms with Crippen LogP contribution in [-0.4, -0.2) is 42.1 Å². The number of ketones is 1. The third kappa shape index (κ3) is 3.47. The third-order valence-electron chi connectivity index (χ3n) is 6.02. The molecule has 2 aliphatic heterocycles. The Morgan fingerprint density at radius 2 is 1.73 bits per heavy atom. The maximum absolute atomic E-state index is 13.2. The van der Waals surface area contributed by atoms with Crippen LogP contribution < -0.4 is 14.5 Å². The van der Waals surface area contributed by atoms with Crippen molar-refractivity contribution in [3.8, 4) is 11.5 Å². The first kappa shape index (κ1) is 20.6. The molecule has 0 radical (unpaired) electrons. The van der Waals surface area contributed by atoms with Gasteiger partial charge in [0.1, 0.15) is 23.9 Å². The Balaban J connectivity index is 1.69. The number of hydrogen-bond acceptors (Lipinski definition) is 6. The van der Waals surface area contributed by atoms with Gasteiger partial charge < -0.3 is 19.8 Å². The van der Waals surface area contributed by atoms with Crippen LogP contribution in [0.5, 0.6) is 11.5 Å². The number of likely N-dealkylation sites (N-methyl/N-ethyl adjacent to an activating group) is 1. The first-order chi connectivity index (χ1) is 16.0. The van der Waals surface area contributed by atoms with Crippen molar-refractivity contribution in [3.63, 3.8) is 0 Å². The number of carbonyl (C=O) groups excluding carboxylic acids is 2. The molecular weight excluding hydrogens is 420 g/mol. The number of aromatic hydroxyl groups is 1. The van der Waals surface area contributed by atoms with Crippen LogP contribution in [0, 0.1) is 0 Å². The molecule has 3 aromatic carbocycles. The van der Waals surface area contributed by atoms with Crippen molar-refractivity contribution in [2.75, 3.05) is 30.0 Å². The highest BCUT2D eigenvalue weighted by Gasteiger charge is 2.47. The van der Waals surface area contributed by atoms with Gasteiger partial charge in [0.2, 0.25) is 0 Å². The largest absolute Gasteiger partial charge is 0.508 e. The van der Waals surface area contributed by atoms with Crippen molar-refractivity contribution in [3.05, 3.63) is 89.5 Å². The van der Waals surface area contributed by atoms with E-state index in [-0.39, 0.29) is 17.1 Å². The molecule has 0 aliphatic carbocycles. The summed E-state index contributed by atoms with van der Waals surface area (Å²) in [6.45, 7) is 1.26. The van der Waals surface area contributed by atoms with Crippen molar-refractivity contribution in [1.29, 1.82) is 0 Å². The van der Waals surface area contributed by atoms with Crippen LogP contribution in [0.1, 0.15) is 17.2 Å². The number of anilines is 2. The summed E-state index contributed by atoms with van der Waals surface area (Å²) >= 11 is 0. The number of amides is 1. The number of fused-ring (bicyclic) bond motifs is 1. The van der Waals surface area contributed by atoms with E-state index in [1.807, 2.05) is 18.0 Å². The quantitative estimate of drug-likeness (QED) is 0.364. The van der Waals surface area contributed by atoms with Gasteiger partial charge in [-0.25, -0.2) is 0 Å². The standard InChI is InChI=1S/C26H22N2O5/c1-27-13-14-33-21-12-9-17(15-20(21)27)24(30)22-23(16-7-10-19(29)11-8-16)28(26(32)25(22)31)18-5-3-2-4-6-18/h2-12,15,23,29-30H,13-14H2,1H3/b24-22-. The van der Waals surface area contributed by atoms with Gasteiger partial charge in [-0.2, -0.15) is 0 Å². The molecule has 7 heteroatoms. The molecule has 2 N–H and O–H groups in total. The van der Waals surface area contributed by atoms with Crippen molar-refractivity contribution in [2.24, 2.45) is 0 Å². The lowest BCUT2D eigenvalue weighted by atomic mass is 9.94. The van der Waals surface area contributed by atoms with Gasteiger partial charge in [0, 0.05) is 18.3 Å². The second-order valence-corrected chi connectivity index (χ2v) is 8.05. The lowest BCUT2D eigenvalue weighted by Crippen LogP contribution is -2.29. The zero-order chi connectivity index (χ0) is 23.1. The second-order valence-electron chi connectivity index (χ2n) is 8.05. The molecule has 0 aromatic heterocycles. The van der Waals surface area contributed by atoms with E-state index in [0.29, 0.717) is 35.7 Å². The Kier molecular flexibility index (Phi) is 5.01. The number of benzene rings is 3. The number of para-hydroxylation sites is 1. The number of carbonyl (C=O) groups is 2. The molecule has 0 spiro atoms. The number of aliphatic hydroxyl groups is 1. The molecule has 1 unspecified atom stereocenters. The molecule has 7 nitrogen and oxygen atoms in total. The van der Waals surface area contributed by atoms with Crippen molar-refractivity contribution in [1.82, 2.24) is 0 Å². The second kappa shape index (κ2) is 8.02. The molecule has 5 rings (SSSR count). The van der Waals surface area contributed by atoms with Gasteiger partial charge in [0.15, 0.2) is 0 Å². The minimum absolute atomic E-state index is 0.00567. The van der Waals surface area contributed by atoms with Crippen molar-refractivity contribution in [2.45, 2.75) is 6.04 Å². The van der Waals surface area contributed by atoms with E-state index in [9.17, 15) is 19.8 Å². The number of phenolic OH excluding ortho intramolecular Hbond substituents is 1. The first-order valence-electron chi connectivity index (χ1n) is 10.6. The van der Waals surface area contributed by atoms with E-state index in [0.717, 1.165) is 5.69 Å². The van der Waals surface area contributed by atoms with Gasteiger partial charge in [0.25, 0.3) is 11.7 Å². The highest BCUT2D eigenvalue weighted by atomic mass is 16.5. The Bertz CT molecular complexity index is 1270. The summed E-state index contributed by atoms with van der Waals surface area (Å²) in [5.41, 5.74) is 2.34. The SMILES string of the molecule is CN1CCOc2ccc(/C(O)=C3/C(=O)C(=O)N(c4ccccc4)C3c3ccc(O)cc3)cc21. The van der Waals surface area contributed by atoms with E-state index in [4.69, 9.17) is 4.74 Å². The number of ether oxygens (including phenoxy) is 1. The van der Waals surface area contributed by atoms with Crippen LogP contribution in [0.15, 0.2) is 78.4 Å². The Morgan fingerprint density at radius 1 is 1.00 bits per heavy atom. The van der Waals surface area contributed by atoms with Gasteiger partial charge in [0.05, 0.1) is 23.8 Å². The number of phenols is 1. The van der Waals surface area contributed by atoms with Crippen LogP contribution in [0.25, 0.3) is 5.76 Å². The monoisotopic (exact) mass is 442 g/mol. The fraction of sp³-hybridized carbons (Fsp3) is 0.154. The molecule has 1 atom stereocenters. The van der Waals surface area contributed by atoms with Crippen LogP contribution in [-0.2, 0) is 9.59 Å². The minimum Gasteiger partial charge on any atom is -0.508 e. The third-order valence-corrected chi connectivity index (χ3v) is 6.02. The smallest absolute Gasteiger partial charge is 0.300 e. The summed E-state index contributed by atoms with van der Waals surface area (Å²) in [4.78, 5) is 29.7. The van der Waals surface area contributed by atoms with E-state index in [2.05, 4.69) is 0 Å². The molecular formula is C26H22N2O5. The van der Waals surface area contributed by atoms with Gasteiger partial charge in [-0.15, -0.1) is 0 Å². The van der Waals surface area contributed by atoms with E-state index in [1.165, 1.54) is 17.0 Å². The van der Waals surface area contributed by atoms with Crippen LogP contribution in [0.4, 0.5) is 11.4 Å². The van der Waals surface area contributed by atoms with Crippen LogP contribution in [0.2, 0.25) is 0 Å². The highest BCUT2D eigenvalue weighted by molar-refractivity contribution is 6.51. The van der Waals surface area contributed by atoms with Gasteiger partial charge in [-0.3, -0.25) is 14.5 Å². The summed E-state index contributed by atoms with van der Waals surface area (Å²) < 4.78 is 5.68. The number of nitrogens with zero attached hydrogens (tertiary/aromatic N) is 2. The summed E-state index contributed by atoms with van der Waals surface area (Å²) in [5.74, 6) is -0.990. The molecule has 166 valence electrons. The predicted octanol–water partition coefficient (Wildman–Crippen LogP) is 3.85. The molecule has 1 fully saturated rings. The highest BCUT2D eigenvalue weighted by Crippen LogP contribution is 2.43. The molecule has 33 heavy (non-hydrogen) atoms. The van der Waals surface area contributed by atoms with Crippen LogP contribution in [0.3, 0.4) is 0 Å². The fourth-order valence-electron chi connectivity index (χ4n) is 4.31. The molecule has 2 aliphatic rings. The number of rotatable bonds is 3. The van der Waals surface area contributed by atoms with E-state index >= 15 is 0 Å². The normalized spacial score (nSPS) is 19.4. The first-order valence-corrected chi connectivity index (χ1v) is 10.6. The average molecular weight is 442 g/mol. The predicted molar refractivity (Wildman–Crippen MR) is 125 cm³/mol. The van der Waals surface area contributed by atoms with Gasteiger partial charge in [-0.05, 0) is 48.0 Å². The zero-order valence-corrected chi connectivity index (χ0v) is 17.9. The van der Waals surface area contributed by atoms with Crippen molar-refractivity contribution < 1.29 is 24.5 Å². The van der Waals surface area contributed by atoms with Crippen LogP contribution >= 0.6 is 0 Å². The number of aliphatic hydroxyl groups excluding tert-OH is 1. The molecule has 1 amide bonds. The number of hydrogen-bond donors (Lipinski definition) is 2. The summed E-state index contributed by atoms with van der Waals surface area (Å²) in [6.07, 6.45) is 0. The lowest BCUT2D eigenvalue weighted by Gasteiger charge is -2.28. The summed E-state index contributed by atoms with van der Waals surface area (Å²) in [6, 6.07) is 19.5.